The van der Waals surface area contributed by atoms with Crippen molar-refractivity contribution in [3.63, 3.8) is 0 Å². The average molecular weight is 348 g/mol. The van der Waals surface area contributed by atoms with Crippen LogP contribution in [0.3, 0.4) is 0 Å². The molecule has 0 spiro atoms. The first kappa shape index (κ1) is 19.2. The van der Waals surface area contributed by atoms with Crippen LogP contribution in [0.4, 0.5) is 16.2 Å². The van der Waals surface area contributed by atoms with Gasteiger partial charge >= 0.3 is 6.03 Å². The normalized spacial score (nSPS) is 15.0. The Bertz CT molecular complexity index is 554. The van der Waals surface area contributed by atoms with Crippen LogP contribution in [0.1, 0.15) is 20.3 Å². The number of amides is 3. The molecule has 0 aliphatic carbocycles. The molecular weight excluding hydrogens is 320 g/mol. The van der Waals surface area contributed by atoms with Gasteiger partial charge in [-0.1, -0.05) is 13.8 Å². The number of carbonyl (C=O) groups excluding carboxylic acids is 2. The Morgan fingerprint density at radius 3 is 2.28 bits per heavy atom. The van der Waals surface area contributed by atoms with E-state index in [1.807, 2.05) is 13.8 Å². The van der Waals surface area contributed by atoms with Gasteiger partial charge in [0.1, 0.15) is 0 Å². The largest absolute Gasteiger partial charge is 0.379 e. The molecule has 0 unspecified atom stereocenters. The molecule has 25 heavy (non-hydrogen) atoms. The standard InChI is InChI=1S/C18H28N4O3/c1-14(2)17(23)20-15-4-6-16(7-5-15)21-18(24)19-8-3-9-22-10-12-25-13-11-22/h4-7,14H,3,8-13H2,1-2H3,(H,20,23)(H2,19,21,24). The summed E-state index contributed by atoms with van der Waals surface area (Å²) in [4.78, 5) is 25.9. The van der Waals surface area contributed by atoms with Gasteiger partial charge in [0.15, 0.2) is 0 Å². The third kappa shape index (κ3) is 7.11. The Balaban J connectivity index is 1.65. The Morgan fingerprint density at radius 2 is 1.68 bits per heavy atom. The number of morpholine rings is 1. The fraction of sp³-hybridized carbons (Fsp3) is 0.556. The van der Waals surface area contributed by atoms with E-state index in [1.165, 1.54) is 0 Å². The van der Waals surface area contributed by atoms with Crippen LogP contribution in [0, 0.1) is 5.92 Å². The first-order chi connectivity index (χ1) is 12.0. The molecule has 2 rings (SSSR count). The van der Waals surface area contributed by atoms with Crippen LogP contribution in [0.25, 0.3) is 0 Å². The van der Waals surface area contributed by atoms with E-state index < -0.39 is 0 Å². The summed E-state index contributed by atoms with van der Waals surface area (Å²) < 4.78 is 5.31. The highest BCUT2D eigenvalue weighted by Gasteiger charge is 2.10. The van der Waals surface area contributed by atoms with E-state index in [-0.39, 0.29) is 17.9 Å². The smallest absolute Gasteiger partial charge is 0.319 e. The molecule has 1 saturated heterocycles. The highest BCUT2D eigenvalue weighted by atomic mass is 16.5. The summed E-state index contributed by atoms with van der Waals surface area (Å²) in [5.41, 5.74) is 1.41. The second kappa shape index (κ2) is 10.0. The molecule has 1 fully saturated rings. The Hall–Kier alpha value is -2.12. The maximum atomic E-state index is 11.9. The number of nitrogens with one attached hydrogen (secondary N) is 3. The van der Waals surface area contributed by atoms with Gasteiger partial charge in [0.2, 0.25) is 5.91 Å². The van der Waals surface area contributed by atoms with Crippen molar-refractivity contribution in [1.82, 2.24) is 10.2 Å². The van der Waals surface area contributed by atoms with Gasteiger partial charge in [-0.2, -0.15) is 0 Å². The van der Waals surface area contributed by atoms with Crippen molar-refractivity contribution in [2.75, 3.05) is 50.0 Å². The van der Waals surface area contributed by atoms with Gasteiger partial charge in [0.05, 0.1) is 13.2 Å². The molecule has 3 N–H and O–H groups in total. The number of benzene rings is 1. The van der Waals surface area contributed by atoms with Crippen molar-refractivity contribution >= 4 is 23.3 Å². The topological polar surface area (TPSA) is 82.7 Å². The van der Waals surface area contributed by atoms with Crippen LogP contribution >= 0.6 is 0 Å². The van der Waals surface area contributed by atoms with Crippen LogP contribution in [0.15, 0.2) is 24.3 Å². The van der Waals surface area contributed by atoms with Crippen molar-refractivity contribution in [2.24, 2.45) is 5.92 Å². The van der Waals surface area contributed by atoms with Crippen LogP contribution in [0.5, 0.6) is 0 Å². The Kier molecular flexibility index (Phi) is 7.69. The number of nitrogens with zero attached hydrogens (tertiary/aromatic N) is 1. The molecule has 1 heterocycles. The maximum Gasteiger partial charge on any atom is 0.319 e. The fourth-order valence-electron chi connectivity index (χ4n) is 2.43. The predicted molar refractivity (Wildman–Crippen MR) is 98.8 cm³/mol. The van der Waals surface area contributed by atoms with E-state index in [4.69, 9.17) is 4.74 Å². The lowest BCUT2D eigenvalue weighted by Crippen LogP contribution is -2.38. The summed E-state index contributed by atoms with van der Waals surface area (Å²) in [6, 6.07) is 6.86. The molecule has 138 valence electrons. The number of rotatable bonds is 7. The quantitative estimate of drug-likeness (QED) is 0.659. The number of hydrogen-bond acceptors (Lipinski definition) is 4. The highest BCUT2D eigenvalue weighted by Crippen LogP contribution is 2.14. The van der Waals surface area contributed by atoms with Gasteiger partial charge in [-0.25, -0.2) is 4.79 Å². The molecule has 1 aromatic rings. The Morgan fingerprint density at radius 1 is 1.08 bits per heavy atom. The maximum absolute atomic E-state index is 11.9. The summed E-state index contributed by atoms with van der Waals surface area (Å²) in [6.45, 7) is 8.80. The van der Waals surface area contributed by atoms with Crippen LogP contribution < -0.4 is 16.0 Å². The van der Waals surface area contributed by atoms with E-state index in [0.717, 1.165) is 45.0 Å². The van der Waals surface area contributed by atoms with Crippen molar-refractivity contribution in [3.05, 3.63) is 24.3 Å². The molecule has 1 aromatic carbocycles. The molecule has 0 atom stereocenters. The minimum atomic E-state index is -0.221. The van der Waals surface area contributed by atoms with Crippen molar-refractivity contribution < 1.29 is 14.3 Å². The SMILES string of the molecule is CC(C)C(=O)Nc1ccc(NC(=O)NCCCN2CCOCC2)cc1. The molecule has 7 nitrogen and oxygen atoms in total. The van der Waals surface area contributed by atoms with Crippen molar-refractivity contribution in [1.29, 1.82) is 0 Å². The molecule has 1 aliphatic heterocycles. The number of hydrogen-bond donors (Lipinski definition) is 3. The second-order valence-electron chi connectivity index (χ2n) is 6.41. The van der Waals surface area contributed by atoms with Gasteiger partial charge in [-0.3, -0.25) is 9.69 Å². The number of anilines is 2. The number of urea groups is 1. The number of ether oxygens (including phenoxy) is 1. The lowest BCUT2D eigenvalue weighted by Gasteiger charge is -2.26. The summed E-state index contributed by atoms with van der Waals surface area (Å²) >= 11 is 0. The molecule has 0 saturated carbocycles. The van der Waals surface area contributed by atoms with Gasteiger partial charge < -0.3 is 20.7 Å². The van der Waals surface area contributed by atoms with Crippen molar-refractivity contribution in [2.45, 2.75) is 20.3 Å². The summed E-state index contributed by atoms with van der Waals surface area (Å²) in [5.74, 6) is -0.0974. The molecule has 3 amide bonds. The zero-order chi connectivity index (χ0) is 18.1. The molecule has 1 aliphatic rings. The molecular formula is C18H28N4O3. The molecule has 0 aromatic heterocycles. The van der Waals surface area contributed by atoms with Crippen molar-refractivity contribution in [3.8, 4) is 0 Å². The zero-order valence-corrected chi connectivity index (χ0v) is 15.0. The minimum Gasteiger partial charge on any atom is -0.379 e. The average Bonchev–Trinajstić information content (AvgIpc) is 2.61. The van der Waals surface area contributed by atoms with E-state index in [1.54, 1.807) is 24.3 Å². The first-order valence-corrected chi connectivity index (χ1v) is 8.80. The molecule has 0 bridgehead atoms. The van der Waals surface area contributed by atoms with Crippen LogP contribution in [-0.4, -0.2) is 56.2 Å². The van der Waals surface area contributed by atoms with Crippen LogP contribution in [-0.2, 0) is 9.53 Å². The third-order valence-electron chi connectivity index (χ3n) is 3.98. The van der Waals surface area contributed by atoms with E-state index in [2.05, 4.69) is 20.9 Å². The van der Waals surface area contributed by atoms with Gasteiger partial charge in [0, 0.05) is 36.9 Å². The molecule has 7 heteroatoms. The van der Waals surface area contributed by atoms with Crippen LogP contribution in [0.2, 0.25) is 0 Å². The lowest BCUT2D eigenvalue weighted by atomic mass is 10.2. The lowest BCUT2D eigenvalue weighted by molar-refractivity contribution is -0.118. The summed E-state index contributed by atoms with van der Waals surface area (Å²) in [6.07, 6.45) is 0.910. The van der Waals surface area contributed by atoms with E-state index >= 15 is 0 Å². The minimum absolute atomic E-state index is 0.0290. The fourth-order valence-corrected chi connectivity index (χ4v) is 2.43. The van der Waals surface area contributed by atoms with Gasteiger partial charge in [0.25, 0.3) is 0 Å². The second-order valence-corrected chi connectivity index (χ2v) is 6.41. The molecule has 0 radical (unpaired) electrons. The summed E-state index contributed by atoms with van der Waals surface area (Å²) in [5, 5.41) is 8.46. The number of carbonyl (C=O) groups is 2. The highest BCUT2D eigenvalue weighted by molar-refractivity contribution is 5.93. The monoisotopic (exact) mass is 348 g/mol. The first-order valence-electron chi connectivity index (χ1n) is 8.80. The third-order valence-corrected chi connectivity index (χ3v) is 3.98. The summed E-state index contributed by atoms with van der Waals surface area (Å²) in [7, 11) is 0. The zero-order valence-electron chi connectivity index (χ0n) is 15.0. The Labute approximate surface area is 149 Å². The van der Waals surface area contributed by atoms with E-state index in [0.29, 0.717) is 12.2 Å². The van der Waals surface area contributed by atoms with Gasteiger partial charge in [-0.15, -0.1) is 0 Å². The van der Waals surface area contributed by atoms with E-state index in [9.17, 15) is 9.59 Å². The predicted octanol–water partition coefficient (Wildman–Crippen LogP) is 2.12. The van der Waals surface area contributed by atoms with Gasteiger partial charge in [-0.05, 0) is 37.2 Å².